The molecular weight excluding hydrogens is 466 g/mol. The van der Waals surface area contributed by atoms with Gasteiger partial charge >= 0.3 is 12.4 Å². The molecule has 0 radical (unpaired) electrons. The number of aliphatic imine (C=N–C) groups is 1. The average Bonchev–Trinajstić information content (AvgIpc) is 3.65. The summed E-state index contributed by atoms with van der Waals surface area (Å²) in [4.78, 5) is 11.7. The summed E-state index contributed by atoms with van der Waals surface area (Å²) in [5.74, 6) is -0.720. The van der Waals surface area contributed by atoms with E-state index in [1.54, 1.807) is 24.3 Å². The Balaban J connectivity index is 1.35. The second kappa shape index (κ2) is 6.77. The Kier molecular flexibility index (Phi) is 4.11. The molecule has 1 unspecified atom stereocenters. The van der Waals surface area contributed by atoms with E-state index in [1.165, 1.54) is 0 Å². The average molecular weight is 480 g/mol. The molecule has 34 heavy (non-hydrogen) atoms. The smallest absolute Gasteiger partial charge is 0.361 e. The summed E-state index contributed by atoms with van der Waals surface area (Å²) in [6.45, 7) is 0. The number of anilines is 4. The second-order valence-electron chi connectivity index (χ2n) is 7.98. The molecule has 0 amide bonds. The fraction of sp³-hybridized carbons (Fsp3) is 0.250. The highest BCUT2D eigenvalue weighted by molar-refractivity contribution is 5.83. The summed E-state index contributed by atoms with van der Waals surface area (Å²) in [6, 6.07) is 5.51. The minimum absolute atomic E-state index is 0.0402. The topological polar surface area (TPSA) is 98.3 Å². The summed E-state index contributed by atoms with van der Waals surface area (Å²) < 4.78 is 80.9. The molecule has 1 atom stereocenters. The first-order valence-corrected chi connectivity index (χ1v) is 10.0. The zero-order valence-electron chi connectivity index (χ0n) is 16.8. The van der Waals surface area contributed by atoms with Crippen molar-refractivity contribution >= 4 is 29.4 Å². The standard InChI is InChI=1S/C20H14F6N8/c21-19(22,23)9-5-27-17-29-7-1-2-8(4-3-7)30-18-28-6-10(20(24,25)26)16(34-18)32-14-11-12(14)13(11)31-15(9)33-17/h1-6,13-14,17,29,31,33H,(H2,28,30,32,34). The maximum absolute atomic E-state index is 13.5. The van der Waals surface area contributed by atoms with Crippen molar-refractivity contribution < 1.29 is 26.3 Å². The molecule has 1 aromatic heterocycles. The van der Waals surface area contributed by atoms with Crippen molar-refractivity contribution in [3.63, 3.8) is 0 Å². The predicted molar refractivity (Wildman–Crippen MR) is 110 cm³/mol. The van der Waals surface area contributed by atoms with E-state index in [1.807, 2.05) is 0 Å². The quantitative estimate of drug-likeness (QED) is 0.291. The molecule has 9 rings (SSSR count). The van der Waals surface area contributed by atoms with Crippen LogP contribution in [0.15, 0.2) is 58.0 Å². The molecule has 1 aromatic carbocycles. The molecule has 8 nitrogen and oxygen atoms in total. The van der Waals surface area contributed by atoms with Gasteiger partial charge in [-0.05, 0) is 35.4 Å². The molecule has 0 spiro atoms. The molecule has 14 heteroatoms. The molecule has 7 aliphatic rings. The van der Waals surface area contributed by atoms with Gasteiger partial charge in [-0.25, -0.2) is 9.98 Å². The maximum atomic E-state index is 13.5. The summed E-state index contributed by atoms with van der Waals surface area (Å²) in [7, 11) is 0. The molecule has 6 heterocycles. The minimum atomic E-state index is -4.69. The van der Waals surface area contributed by atoms with Crippen molar-refractivity contribution in [1.29, 1.82) is 0 Å². The van der Waals surface area contributed by atoms with Gasteiger partial charge in [-0.3, -0.25) is 0 Å². The van der Waals surface area contributed by atoms with E-state index in [9.17, 15) is 26.3 Å². The van der Waals surface area contributed by atoms with E-state index >= 15 is 0 Å². The molecule has 2 aliphatic carbocycles. The lowest BCUT2D eigenvalue weighted by Crippen LogP contribution is -2.47. The third kappa shape index (κ3) is 3.54. The van der Waals surface area contributed by atoms with E-state index in [2.05, 4.69) is 41.5 Å². The van der Waals surface area contributed by atoms with Crippen LogP contribution >= 0.6 is 0 Å². The van der Waals surface area contributed by atoms with Gasteiger partial charge in [0.1, 0.15) is 22.8 Å². The van der Waals surface area contributed by atoms with Gasteiger partial charge < -0.3 is 26.6 Å². The zero-order chi connectivity index (χ0) is 23.8. The molecule has 0 saturated heterocycles. The molecule has 5 aliphatic heterocycles. The molecule has 5 N–H and O–H groups in total. The van der Waals surface area contributed by atoms with Crippen LogP contribution in [0.1, 0.15) is 5.56 Å². The van der Waals surface area contributed by atoms with Crippen molar-refractivity contribution in [2.75, 3.05) is 16.0 Å². The van der Waals surface area contributed by atoms with Crippen molar-refractivity contribution in [2.45, 2.75) is 30.7 Å². The Morgan fingerprint density at radius 2 is 1.44 bits per heavy atom. The number of benzene rings is 1. The molecular formula is C20H14F6N8. The van der Waals surface area contributed by atoms with Crippen LogP contribution in [0.3, 0.4) is 0 Å². The number of nitrogens with one attached hydrogen (secondary N) is 5. The van der Waals surface area contributed by atoms with Gasteiger partial charge in [0.15, 0.2) is 6.29 Å². The Bertz CT molecular complexity index is 1260. The molecule has 0 fully saturated rings. The molecule has 176 valence electrons. The number of alkyl halides is 6. The van der Waals surface area contributed by atoms with E-state index in [4.69, 9.17) is 0 Å². The summed E-state index contributed by atoms with van der Waals surface area (Å²) in [5, 5.41) is 14.0. The number of halogens is 6. The van der Waals surface area contributed by atoms with Crippen LogP contribution in [0.2, 0.25) is 0 Å². The van der Waals surface area contributed by atoms with E-state index < -0.39 is 47.7 Å². The lowest BCUT2D eigenvalue weighted by molar-refractivity contribution is -0.137. The normalized spacial score (nSPS) is 24.7. The van der Waals surface area contributed by atoms with E-state index in [0.29, 0.717) is 28.7 Å². The predicted octanol–water partition coefficient (Wildman–Crippen LogP) is 3.46. The van der Waals surface area contributed by atoms with Gasteiger partial charge in [0, 0.05) is 23.8 Å². The van der Waals surface area contributed by atoms with Gasteiger partial charge in [-0.2, -0.15) is 31.3 Å². The Hall–Kier alpha value is -3.97. The Morgan fingerprint density at radius 3 is 2.12 bits per heavy atom. The fourth-order valence-electron chi connectivity index (χ4n) is 3.91. The first kappa shape index (κ1) is 20.6. The highest BCUT2D eigenvalue weighted by atomic mass is 19.4. The largest absolute Gasteiger partial charge is 0.421 e. The number of hydrogen-bond acceptors (Lipinski definition) is 8. The highest BCUT2D eigenvalue weighted by Crippen LogP contribution is 2.57. The third-order valence-corrected chi connectivity index (χ3v) is 5.73. The fourth-order valence-corrected chi connectivity index (χ4v) is 3.91. The minimum Gasteiger partial charge on any atom is -0.361 e. The molecule has 0 saturated carbocycles. The molecule has 8 bridgehead atoms. The number of hydrogen-bond donors (Lipinski definition) is 5. The number of rotatable bonds is 0. The van der Waals surface area contributed by atoms with Crippen molar-refractivity contribution in [1.82, 2.24) is 20.6 Å². The Morgan fingerprint density at radius 1 is 0.765 bits per heavy atom. The summed E-state index contributed by atoms with van der Waals surface area (Å²) >= 11 is 0. The van der Waals surface area contributed by atoms with E-state index in [0.717, 1.165) is 6.21 Å². The monoisotopic (exact) mass is 480 g/mol. The van der Waals surface area contributed by atoms with Crippen molar-refractivity contribution in [2.24, 2.45) is 4.99 Å². The van der Waals surface area contributed by atoms with Crippen LogP contribution in [0.5, 0.6) is 0 Å². The van der Waals surface area contributed by atoms with Crippen LogP contribution < -0.4 is 26.6 Å². The highest BCUT2D eigenvalue weighted by Gasteiger charge is 2.61. The lowest BCUT2D eigenvalue weighted by atomic mass is 10.1. The van der Waals surface area contributed by atoms with Gasteiger partial charge in [0.25, 0.3) is 0 Å². The van der Waals surface area contributed by atoms with Crippen molar-refractivity contribution in [3.8, 4) is 0 Å². The Labute approximate surface area is 187 Å². The van der Waals surface area contributed by atoms with Gasteiger partial charge in [0.2, 0.25) is 5.95 Å². The lowest BCUT2D eigenvalue weighted by Gasteiger charge is -2.29. The van der Waals surface area contributed by atoms with Gasteiger partial charge in [-0.1, -0.05) is 0 Å². The summed E-state index contributed by atoms with van der Waals surface area (Å²) in [6.07, 6.45) is -8.77. The third-order valence-electron chi connectivity index (χ3n) is 5.73. The first-order chi connectivity index (χ1) is 16.1. The van der Waals surface area contributed by atoms with Crippen molar-refractivity contribution in [3.05, 3.63) is 58.6 Å². The summed E-state index contributed by atoms with van der Waals surface area (Å²) in [5.41, 5.74) is 0.428. The maximum Gasteiger partial charge on any atom is 0.421 e. The SMILES string of the molecule is FC(F)(F)C1=C2NC(N=C1)Nc1ccc(cc1)Nc1ncc(C(F)(F)F)c(n1)NC1C3=C1C3N2. The first-order valence-electron chi connectivity index (χ1n) is 10.0. The zero-order valence-corrected chi connectivity index (χ0v) is 16.8. The number of nitrogens with zero attached hydrogens (tertiary/aromatic N) is 3. The van der Waals surface area contributed by atoms with Gasteiger partial charge in [0.05, 0.1) is 12.1 Å². The van der Waals surface area contributed by atoms with Crippen LogP contribution in [0.4, 0.5) is 49.5 Å². The number of aromatic nitrogens is 2. The molecule has 2 aromatic rings. The number of allylic oxidation sites excluding steroid dienone is 1. The van der Waals surface area contributed by atoms with Gasteiger partial charge in [-0.15, -0.1) is 0 Å². The van der Waals surface area contributed by atoms with Crippen LogP contribution in [0.25, 0.3) is 0 Å². The van der Waals surface area contributed by atoms with Crippen LogP contribution in [0, 0.1) is 0 Å². The van der Waals surface area contributed by atoms with E-state index in [-0.39, 0.29) is 11.8 Å². The van der Waals surface area contributed by atoms with Crippen LogP contribution in [-0.2, 0) is 6.18 Å². The second-order valence-corrected chi connectivity index (χ2v) is 7.98. The van der Waals surface area contributed by atoms with Crippen LogP contribution in [-0.4, -0.2) is 40.7 Å².